The summed E-state index contributed by atoms with van der Waals surface area (Å²) < 4.78 is 1.79. The molecule has 1 heterocycles. The Bertz CT molecular complexity index is 791. The zero-order valence-corrected chi connectivity index (χ0v) is 12.6. The van der Waals surface area contributed by atoms with Crippen molar-refractivity contribution < 1.29 is 4.79 Å². The maximum absolute atomic E-state index is 12.7. The van der Waals surface area contributed by atoms with Crippen LogP contribution < -0.4 is 0 Å². The van der Waals surface area contributed by atoms with Crippen LogP contribution in [0.1, 0.15) is 25.6 Å². The van der Waals surface area contributed by atoms with Gasteiger partial charge in [-0.15, -0.1) is 0 Å². The second kappa shape index (κ2) is 4.88. The number of fused-ring (bicyclic) bond motifs is 1. The topological polar surface area (TPSA) is 22.0 Å². The van der Waals surface area contributed by atoms with Crippen molar-refractivity contribution in [3.05, 3.63) is 60.8 Å². The molecule has 0 bridgehead atoms. The molecule has 0 radical (unpaired) electrons. The molecule has 106 valence electrons. The van der Waals surface area contributed by atoms with Crippen LogP contribution in [-0.2, 0) is 0 Å². The second-order valence-corrected chi connectivity index (χ2v) is 6.35. The minimum absolute atomic E-state index is 0.112. The molecule has 2 aromatic carbocycles. The molecule has 2 heteroatoms. The van der Waals surface area contributed by atoms with Crippen LogP contribution in [0.5, 0.6) is 0 Å². The fraction of sp³-hybridized carbons (Fsp3) is 0.211. The smallest absolute Gasteiger partial charge is 0.236 e. The van der Waals surface area contributed by atoms with Gasteiger partial charge in [0.05, 0.1) is 5.52 Å². The summed E-state index contributed by atoms with van der Waals surface area (Å²) in [5.41, 5.74) is 2.81. The predicted octanol–water partition coefficient (Wildman–Crippen LogP) is 4.99. The minimum Gasteiger partial charge on any atom is -0.286 e. The summed E-state index contributed by atoms with van der Waals surface area (Å²) in [6.45, 7) is 5.85. The van der Waals surface area contributed by atoms with E-state index < -0.39 is 5.41 Å². The number of para-hydroxylation sites is 1. The lowest BCUT2D eigenvalue weighted by molar-refractivity contribution is 0.0773. The molecule has 2 nitrogen and oxygen atoms in total. The third kappa shape index (κ3) is 2.38. The summed E-state index contributed by atoms with van der Waals surface area (Å²) >= 11 is 0. The minimum atomic E-state index is -0.407. The molecule has 0 spiro atoms. The molecule has 0 N–H and O–H groups in total. The lowest BCUT2D eigenvalue weighted by Gasteiger charge is -2.19. The maximum Gasteiger partial charge on any atom is 0.236 e. The molecule has 0 fully saturated rings. The normalized spacial score (nSPS) is 11.8. The molecular formula is C19H19NO. The fourth-order valence-electron chi connectivity index (χ4n) is 2.58. The summed E-state index contributed by atoms with van der Waals surface area (Å²) in [4.78, 5) is 12.7. The Balaban J connectivity index is 2.28. The number of benzene rings is 2. The number of carbonyl (C=O) groups is 1. The van der Waals surface area contributed by atoms with Crippen LogP contribution in [-0.4, -0.2) is 10.5 Å². The van der Waals surface area contributed by atoms with Crippen LogP contribution in [0.3, 0.4) is 0 Å². The molecule has 3 aromatic rings. The Labute approximate surface area is 125 Å². The molecular weight excluding hydrogens is 258 g/mol. The molecule has 0 saturated carbocycles. The first-order valence-electron chi connectivity index (χ1n) is 7.19. The van der Waals surface area contributed by atoms with E-state index in [4.69, 9.17) is 0 Å². The fourth-order valence-corrected chi connectivity index (χ4v) is 2.58. The lowest BCUT2D eigenvalue weighted by atomic mass is 9.95. The summed E-state index contributed by atoms with van der Waals surface area (Å²) in [6.07, 6.45) is 1.88. The van der Waals surface area contributed by atoms with Crippen molar-refractivity contribution >= 4 is 16.8 Å². The van der Waals surface area contributed by atoms with Crippen LogP contribution in [0, 0.1) is 5.41 Å². The Hall–Kier alpha value is -2.35. The Morgan fingerprint density at radius 3 is 2.29 bits per heavy atom. The molecule has 0 aliphatic carbocycles. The van der Waals surface area contributed by atoms with Gasteiger partial charge in [-0.3, -0.25) is 9.36 Å². The number of hydrogen-bond acceptors (Lipinski definition) is 1. The highest BCUT2D eigenvalue weighted by atomic mass is 16.2. The van der Waals surface area contributed by atoms with Crippen LogP contribution in [0.25, 0.3) is 22.0 Å². The van der Waals surface area contributed by atoms with Crippen molar-refractivity contribution in [3.63, 3.8) is 0 Å². The monoisotopic (exact) mass is 277 g/mol. The highest BCUT2D eigenvalue weighted by molar-refractivity contribution is 6.02. The van der Waals surface area contributed by atoms with Gasteiger partial charge >= 0.3 is 0 Å². The van der Waals surface area contributed by atoms with E-state index in [-0.39, 0.29) is 5.91 Å². The van der Waals surface area contributed by atoms with E-state index >= 15 is 0 Å². The molecule has 1 aromatic heterocycles. The molecule has 0 aliphatic rings. The zero-order valence-electron chi connectivity index (χ0n) is 12.6. The van der Waals surface area contributed by atoms with E-state index in [2.05, 4.69) is 18.2 Å². The van der Waals surface area contributed by atoms with Gasteiger partial charge in [0.2, 0.25) is 5.91 Å². The average Bonchev–Trinajstić information content (AvgIpc) is 2.90. The third-order valence-electron chi connectivity index (χ3n) is 3.66. The first kappa shape index (κ1) is 13.6. The molecule has 0 unspecified atom stereocenters. The van der Waals surface area contributed by atoms with E-state index in [0.29, 0.717) is 0 Å². The van der Waals surface area contributed by atoms with Gasteiger partial charge in [-0.2, -0.15) is 0 Å². The van der Waals surface area contributed by atoms with Crippen molar-refractivity contribution in [1.82, 2.24) is 4.57 Å². The predicted molar refractivity (Wildman–Crippen MR) is 87.5 cm³/mol. The SMILES string of the molecule is CC(C)(C)C(=O)n1ccc2cccc(-c3ccccc3)c21. The third-order valence-corrected chi connectivity index (χ3v) is 3.66. The van der Waals surface area contributed by atoms with Gasteiger partial charge in [-0.1, -0.05) is 69.3 Å². The van der Waals surface area contributed by atoms with Crippen molar-refractivity contribution in [1.29, 1.82) is 0 Å². The summed E-state index contributed by atoms with van der Waals surface area (Å²) in [5, 5.41) is 1.09. The van der Waals surface area contributed by atoms with Gasteiger partial charge in [0, 0.05) is 22.6 Å². The molecule has 0 saturated heterocycles. The summed E-state index contributed by atoms with van der Waals surface area (Å²) in [7, 11) is 0. The Morgan fingerprint density at radius 2 is 1.62 bits per heavy atom. The number of aromatic nitrogens is 1. The van der Waals surface area contributed by atoms with Gasteiger partial charge in [-0.05, 0) is 11.6 Å². The Kier molecular flexibility index (Phi) is 3.17. The van der Waals surface area contributed by atoms with Crippen molar-refractivity contribution in [2.24, 2.45) is 5.41 Å². The van der Waals surface area contributed by atoms with Crippen LogP contribution in [0.2, 0.25) is 0 Å². The van der Waals surface area contributed by atoms with Crippen molar-refractivity contribution in [3.8, 4) is 11.1 Å². The maximum atomic E-state index is 12.7. The highest BCUT2D eigenvalue weighted by Gasteiger charge is 2.24. The van der Waals surface area contributed by atoms with Gasteiger partial charge in [0.25, 0.3) is 0 Å². The van der Waals surface area contributed by atoms with Crippen LogP contribution >= 0.6 is 0 Å². The zero-order chi connectivity index (χ0) is 15.0. The average molecular weight is 277 g/mol. The number of hydrogen-bond donors (Lipinski definition) is 0. The van der Waals surface area contributed by atoms with Gasteiger partial charge in [-0.25, -0.2) is 0 Å². The molecule has 0 atom stereocenters. The van der Waals surface area contributed by atoms with E-state index in [0.717, 1.165) is 22.0 Å². The number of carbonyl (C=O) groups excluding carboxylic acids is 1. The van der Waals surface area contributed by atoms with Gasteiger partial charge in [0.15, 0.2) is 0 Å². The molecule has 0 aliphatic heterocycles. The van der Waals surface area contributed by atoms with E-state index in [1.807, 2.05) is 63.4 Å². The van der Waals surface area contributed by atoms with E-state index in [1.165, 1.54) is 0 Å². The van der Waals surface area contributed by atoms with Crippen molar-refractivity contribution in [2.45, 2.75) is 20.8 Å². The lowest BCUT2D eigenvalue weighted by Crippen LogP contribution is -2.26. The summed E-state index contributed by atoms with van der Waals surface area (Å²) in [6, 6.07) is 18.4. The molecule has 21 heavy (non-hydrogen) atoms. The van der Waals surface area contributed by atoms with Crippen molar-refractivity contribution in [2.75, 3.05) is 0 Å². The first-order valence-corrected chi connectivity index (χ1v) is 7.19. The first-order chi connectivity index (χ1) is 9.98. The standard InChI is InChI=1S/C19H19NO/c1-19(2,3)18(21)20-13-12-15-10-7-11-16(17(15)20)14-8-5-4-6-9-14/h4-13H,1-3H3. The van der Waals surface area contributed by atoms with Crippen LogP contribution in [0.4, 0.5) is 0 Å². The van der Waals surface area contributed by atoms with E-state index in [9.17, 15) is 4.79 Å². The second-order valence-electron chi connectivity index (χ2n) is 6.35. The van der Waals surface area contributed by atoms with Gasteiger partial charge in [0.1, 0.15) is 0 Å². The van der Waals surface area contributed by atoms with Gasteiger partial charge < -0.3 is 0 Å². The highest BCUT2D eigenvalue weighted by Crippen LogP contribution is 2.31. The number of nitrogens with zero attached hydrogens (tertiary/aromatic N) is 1. The summed E-state index contributed by atoms with van der Waals surface area (Å²) in [5.74, 6) is 0.112. The molecule has 0 amide bonds. The largest absolute Gasteiger partial charge is 0.286 e. The quantitative estimate of drug-likeness (QED) is 0.614. The number of rotatable bonds is 1. The van der Waals surface area contributed by atoms with E-state index in [1.54, 1.807) is 4.57 Å². The Morgan fingerprint density at radius 1 is 0.905 bits per heavy atom. The molecule has 3 rings (SSSR count). The van der Waals surface area contributed by atoms with Crippen LogP contribution in [0.15, 0.2) is 60.8 Å².